The number of amides is 1. The molecule has 0 unspecified atom stereocenters. The number of hydrogen-bond donors (Lipinski definition) is 1. The number of nitrogens with two attached hydrogens (primary N) is 1. The van der Waals surface area contributed by atoms with Crippen LogP contribution in [0.1, 0.15) is 34.4 Å². The van der Waals surface area contributed by atoms with Crippen LogP contribution in [0.25, 0.3) is 16.9 Å². The van der Waals surface area contributed by atoms with E-state index in [0.717, 1.165) is 11.1 Å². The second-order valence-electron chi connectivity index (χ2n) is 5.79. The average molecular weight is 325 g/mol. The first kappa shape index (κ1) is 15.9. The van der Waals surface area contributed by atoms with Crippen LogP contribution in [-0.4, -0.2) is 25.0 Å². The van der Waals surface area contributed by atoms with Crippen molar-refractivity contribution in [1.82, 2.24) is 19.1 Å². The lowest BCUT2D eigenvalue weighted by atomic mass is 10.1. The van der Waals surface area contributed by atoms with E-state index in [1.165, 1.54) is 9.13 Å². The van der Waals surface area contributed by atoms with Crippen molar-refractivity contribution < 1.29 is 4.79 Å². The maximum absolute atomic E-state index is 12.9. The van der Waals surface area contributed by atoms with Crippen molar-refractivity contribution in [1.29, 1.82) is 0 Å². The molecule has 1 amide bonds. The first-order valence-corrected chi connectivity index (χ1v) is 7.72. The molecule has 0 aliphatic heterocycles. The molecule has 24 heavy (non-hydrogen) atoms. The van der Waals surface area contributed by atoms with Gasteiger partial charge in [-0.05, 0) is 51.0 Å². The van der Waals surface area contributed by atoms with Gasteiger partial charge < -0.3 is 5.73 Å². The van der Waals surface area contributed by atoms with Gasteiger partial charge in [-0.1, -0.05) is 6.07 Å². The Morgan fingerprint density at radius 2 is 1.88 bits per heavy atom. The minimum Gasteiger partial charge on any atom is -0.364 e. The monoisotopic (exact) mass is 325 g/mol. The smallest absolute Gasteiger partial charge is 0.335 e. The van der Waals surface area contributed by atoms with Gasteiger partial charge in [-0.3, -0.25) is 9.36 Å². The minimum absolute atomic E-state index is 0.0685. The average Bonchev–Trinajstić information content (AvgIpc) is 2.80. The molecule has 0 bridgehead atoms. The van der Waals surface area contributed by atoms with E-state index >= 15 is 0 Å². The molecule has 3 rings (SSSR count). The lowest BCUT2D eigenvalue weighted by Crippen LogP contribution is -2.23. The number of imidazole rings is 1. The molecule has 0 fully saturated rings. The van der Waals surface area contributed by atoms with Gasteiger partial charge in [-0.25, -0.2) is 19.3 Å². The Hall–Kier alpha value is -2.96. The summed E-state index contributed by atoms with van der Waals surface area (Å²) in [5, 5.41) is 0. The Morgan fingerprint density at radius 3 is 2.46 bits per heavy atom. The van der Waals surface area contributed by atoms with Gasteiger partial charge in [0.15, 0.2) is 11.3 Å². The maximum Gasteiger partial charge on any atom is 0.335 e. The predicted molar refractivity (Wildman–Crippen MR) is 91.5 cm³/mol. The lowest BCUT2D eigenvalue weighted by molar-refractivity contribution is 0.0996. The molecule has 1 aromatic carbocycles. The third-order valence-electron chi connectivity index (χ3n) is 4.18. The second-order valence-corrected chi connectivity index (χ2v) is 5.79. The number of aryl methyl sites for hydroxylation is 4. The van der Waals surface area contributed by atoms with Crippen molar-refractivity contribution in [2.75, 3.05) is 0 Å². The summed E-state index contributed by atoms with van der Waals surface area (Å²) in [4.78, 5) is 33.2. The molecule has 0 saturated carbocycles. The molecule has 7 nitrogen and oxygen atoms in total. The SMILES string of the molecule is CCn1c(=O)n(-c2ccc(C)c(C)c2)c2nc(C)nc(C(N)=O)c21. The van der Waals surface area contributed by atoms with E-state index in [0.29, 0.717) is 29.2 Å². The highest BCUT2D eigenvalue weighted by molar-refractivity contribution is 6.01. The van der Waals surface area contributed by atoms with Crippen LogP contribution in [0.5, 0.6) is 0 Å². The van der Waals surface area contributed by atoms with E-state index in [1.807, 2.05) is 39.0 Å². The molecule has 0 radical (unpaired) electrons. The van der Waals surface area contributed by atoms with Crippen LogP contribution in [-0.2, 0) is 6.54 Å². The highest BCUT2D eigenvalue weighted by atomic mass is 16.2. The Bertz CT molecular complexity index is 1030. The fourth-order valence-corrected chi connectivity index (χ4v) is 2.83. The number of hydrogen-bond acceptors (Lipinski definition) is 4. The number of carbonyl (C=O) groups excluding carboxylic acids is 1. The number of primary amides is 1. The minimum atomic E-state index is -0.676. The van der Waals surface area contributed by atoms with Crippen LogP contribution in [0.4, 0.5) is 0 Å². The van der Waals surface area contributed by atoms with Crippen molar-refractivity contribution in [2.24, 2.45) is 5.73 Å². The van der Waals surface area contributed by atoms with Gasteiger partial charge in [-0.2, -0.15) is 0 Å². The van der Waals surface area contributed by atoms with Crippen LogP contribution in [0, 0.1) is 20.8 Å². The summed E-state index contributed by atoms with van der Waals surface area (Å²) >= 11 is 0. The van der Waals surface area contributed by atoms with Gasteiger partial charge >= 0.3 is 5.69 Å². The number of benzene rings is 1. The fraction of sp³-hybridized carbons (Fsp3) is 0.294. The Balaban J connectivity index is 2.49. The van der Waals surface area contributed by atoms with Crippen molar-refractivity contribution in [2.45, 2.75) is 34.2 Å². The van der Waals surface area contributed by atoms with E-state index in [2.05, 4.69) is 9.97 Å². The van der Waals surface area contributed by atoms with E-state index in [1.54, 1.807) is 6.92 Å². The molecule has 3 aromatic rings. The number of rotatable bonds is 3. The molecule has 0 aliphatic rings. The van der Waals surface area contributed by atoms with Crippen LogP contribution in [0.2, 0.25) is 0 Å². The Kier molecular flexibility index (Phi) is 3.71. The van der Waals surface area contributed by atoms with Gasteiger partial charge in [0.1, 0.15) is 11.3 Å². The fourth-order valence-electron chi connectivity index (χ4n) is 2.83. The molecule has 0 aliphatic carbocycles. The zero-order valence-corrected chi connectivity index (χ0v) is 14.1. The van der Waals surface area contributed by atoms with Crippen LogP contribution in [0.3, 0.4) is 0 Å². The van der Waals surface area contributed by atoms with Crippen molar-refractivity contribution in [3.8, 4) is 5.69 Å². The zero-order chi connectivity index (χ0) is 17.6. The number of nitrogens with zero attached hydrogens (tertiary/aromatic N) is 4. The predicted octanol–water partition coefficient (Wildman–Crippen LogP) is 1.63. The van der Waals surface area contributed by atoms with Crippen LogP contribution >= 0.6 is 0 Å². The summed E-state index contributed by atoms with van der Waals surface area (Å²) in [6.45, 7) is 7.88. The van der Waals surface area contributed by atoms with E-state index in [4.69, 9.17) is 5.73 Å². The van der Waals surface area contributed by atoms with Gasteiger partial charge in [0.05, 0.1) is 5.69 Å². The van der Waals surface area contributed by atoms with Crippen molar-refractivity contribution in [3.63, 3.8) is 0 Å². The summed E-state index contributed by atoms with van der Waals surface area (Å²) in [6, 6.07) is 5.75. The Labute approximate surface area is 138 Å². The standard InChI is InChI=1S/C17H19N5O2/c1-5-21-14-13(15(18)23)19-11(4)20-16(14)22(17(21)24)12-7-6-9(2)10(3)8-12/h6-8H,5H2,1-4H3,(H2,18,23). The first-order chi connectivity index (χ1) is 11.3. The topological polar surface area (TPSA) is 95.8 Å². The zero-order valence-electron chi connectivity index (χ0n) is 14.1. The molecule has 0 atom stereocenters. The normalized spacial score (nSPS) is 11.2. The molecule has 0 spiro atoms. The van der Waals surface area contributed by atoms with Gasteiger partial charge in [0.2, 0.25) is 0 Å². The largest absolute Gasteiger partial charge is 0.364 e. The van der Waals surface area contributed by atoms with Crippen LogP contribution in [0.15, 0.2) is 23.0 Å². The van der Waals surface area contributed by atoms with Gasteiger partial charge in [0.25, 0.3) is 5.91 Å². The summed E-state index contributed by atoms with van der Waals surface area (Å²) in [5.41, 5.74) is 8.94. The number of carbonyl (C=O) groups is 1. The second kappa shape index (κ2) is 5.59. The summed E-state index contributed by atoms with van der Waals surface area (Å²) < 4.78 is 2.98. The van der Waals surface area contributed by atoms with Crippen molar-refractivity contribution in [3.05, 3.63) is 51.3 Å². The molecule has 2 aromatic heterocycles. The third-order valence-corrected chi connectivity index (χ3v) is 4.18. The lowest BCUT2D eigenvalue weighted by Gasteiger charge is -2.07. The molecule has 7 heteroatoms. The highest BCUT2D eigenvalue weighted by Gasteiger charge is 2.22. The highest BCUT2D eigenvalue weighted by Crippen LogP contribution is 2.20. The number of aromatic nitrogens is 4. The first-order valence-electron chi connectivity index (χ1n) is 7.72. The number of fused-ring (bicyclic) bond motifs is 1. The van der Waals surface area contributed by atoms with E-state index in [9.17, 15) is 9.59 Å². The maximum atomic E-state index is 12.9. The van der Waals surface area contributed by atoms with Crippen molar-refractivity contribution >= 4 is 17.1 Å². The van der Waals surface area contributed by atoms with E-state index in [-0.39, 0.29) is 11.4 Å². The van der Waals surface area contributed by atoms with Gasteiger partial charge in [0, 0.05) is 6.54 Å². The molecular formula is C17H19N5O2. The third kappa shape index (κ3) is 2.29. The van der Waals surface area contributed by atoms with Crippen LogP contribution < -0.4 is 11.4 Å². The Morgan fingerprint density at radius 1 is 1.17 bits per heavy atom. The molecular weight excluding hydrogens is 306 g/mol. The molecule has 2 heterocycles. The molecule has 0 saturated heterocycles. The molecule has 2 N–H and O–H groups in total. The molecule has 124 valence electrons. The van der Waals surface area contributed by atoms with Gasteiger partial charge in [-0.15, -0.1) is 0 Å². The summed E-state index contributed by atoms with van der Waals surface area (Å²) in [7, 11) is 0. The van der Waals surface area contributed by atoms with E-state index < -0.39 is 5.91 Å². The quantitative estimate of drug-likeness (QED) is 0.791. The summed E-state index contributed by atoms with van der Waals surface area (Å²) in [6.07, 6.45) is 0. The summed E-state index contributed by atoms with van der Waals surface area (Å²) in [5.74, 6) is -0.285.